The molecule has 1 aliphatic heterocycles. The van der Waals surface area contributed by atoms with Gasteiger partial charge in [0.25, 0.3) is 5.91 Å². The molecule has 0 spiro atoms. The number of amides is 1. The zero-order chi connectivity index (χ0) is 19.8. The maximum atomic E-state index is 13.4. The molecule has 0 unspecified atom stereocenters. The highest BCUT2D eigenvalue weighted by Crippen LogP contribution is 2.30. The number of anilines is 1. The van der Waals surface area contributed by atoms with Gasteiger partial charge in [-0.25, -0.2) is 17.2 Å². The number of hydrogen-bond donors (Lipinski definition) is 1. The minimum atomic E-state index is -3.37. The van der Waals surface area contributed by atoms with Crippen molar-refractivity contribution >= 4 is 21.6 Å². The number of aryl methyl sites for hydroxylation is 1. The van der Waals surface area contributed by atoms with E-state index in [9.17, 15) is 22.0 Å². The molecule has 0 saturated carbocycles. The predicted octanol–water partition coefficient (Wildman–Crippen LogP) is 3.17. The van der Waals surface area contributed by atoms with Crippen LogP contribution in [0.4, 0.5) is 14.5 Å². The van der Waals surface area contributed by atoms with Crippen molar-refractivity contribution in [1.82, 2.24) is 5.32 Å². The first-order valence-corrected chi connectivity index (χ1v) is 10.4. The van der Waals surface area contributed by atoms with E-state index in [1.165, 1.54) is 10.4 Å². The van der Waals surface area contributed by atoms with Crippen LogP contribution in [0.1, 0.15) is 40.9 Å². The average molecular weight is 394 g/mol. The van der Waals surface area contributed by atoms with Gasteiger partial charge in [0.1, 0.15) is 0 Å². The lowest BCUT2D eigenvalue weighted by atomic mass is 10.00. The summed E-state index contributed by atoms with van der Waals surface area (Å²) < 4.78 is 51.6. The van der Waals surface area contributed by atoms with Crippen molar-refractivity contribution in [2.45, 2.75) is 25.8 Å². The van der Waals surface area contributed by atoms with Gasteiger partial charge < -0.3 is 5.32 Å². The highest BCUT2D eigenvalue weighted by Gasteiger charge is 2.25. The Morgan fingerprint density at radius 3 is 2.56 bits per heavy atom. The molecule has 0 radical (unpaired) electrons. The van der Waals surface area contributed by atoms with E-state index in [0.29, 0.717) is 36.2 Å². The molecular weight excluding hydrogens is 374 g/mol. The topological polar surface area (TPSA) is 66.5 Å². The van der Waals surface area contributed by atoms with Crippen molar-refractivity contribution in [3.8, 4) is 0 Å². The molecule has 0 fully saturated rings. The highest BCUT2D eigenvalue weighted by molar-refractivity contribution is 7.92. The Kier molecular flexibility index (Phi) is 5.19. The molecule has 1 atom stereocenters. The molecule has 0 saturated heterocycles. The third-order valence-corrected chi connectivity index (χ3v) is 5.79. The normalized spacial score (nSPS) is 15.2. The summed E-state index contributed by atoms with van der Waals surface area (Å²) >= 11 is 0. The molecule has 8 heteroatoms. The number of halogens is 2. The van der Waals surface area contributed by atoms with Gasteiger partial charge in [-0.2, -0.15) is 0 Å². The molecule has 5 nitrogen and oxygen atoms in total. The van der Waals surface area contributed by atoms with Crippen LogP contribution in [-0.4, -0.2) is 27.1 Å². The maximum Gasteiger partial charge on any atom is 0.251 e. The smallest absolute Gasteiger partial charge is 0.251 e. The number of carbonyl (C=O) groups excluding carboxylic acids is 1. The van der Waals surface area contributed by atoms with Crippen LogP contribution >= 0.6 is 0 Å². The lowest BCUT2D eigenvalue weighted by molar-refractivity contribution is 0.0939. The second kappa shape index (κ2) is 7.26. The molecule has 0 aliphatic carbocycles. The Hall–Kier alpha value is -2.48. The molecule has 1 heterocycles. The van der Waals surface area contributed by atoms with E-state index in [1.54, 1.807) is 25.1 Å². The van der Waals surface area contributed by atoms with Gasteiger partial charge in [-0.05, 0) is 61.2 Å². The number of benzene rings is 2. The van der Waals surface area contributed by atoms with Gasteiger partial charge >= 0.3 is 0 Å². The van der Waals surface area contributed by atoms with E-state index in [4.69, 9.17) is 0 Å². The third kappa shape index (κ3) is 4.10. The number of hydrogen-bond acceptors (Lipinski definition) is 3. The fraction of sp³-hybridized carbons (Fsp3) is 0.316. The van der Waals surface area contributed by atoms with Gasteiger partial charge in [-0.15, -0.1) is 0 Å². The summed E-state index contributed by atoms with van der Waals surface area (Å²) in [6.07, 6.45) is 2.52. The van der Waals surface area contributed by atoms with Crippen LogP contribution in [0.3, 0.4) is 0 Å². The third-order valence-electron chi connectivity index (χ3n) is 4.61. The van der Waals surface area contributed by atoms with Gasteiger partial charge in [-0.1, -0.05) is 6.07 Å². The second-order valence-corrected chi connectivity index (χ2v) is 8.56. The Morgan fingerprint density at radius 1 is 1.15 bits per heavy atom. The van der Waals surface area contributed by atoms with Crippen LogP contribution in [0, 0.1) is 11.6 Å². The summed E-state index contributed by atoms with van der Waals surface area (Å²) in [5, 5.41) is 2.75. The quantitative estimate of drug-likeness (QED) is 0.866. The van der Waals surface area contributed by atoms with Crippen molar-refractivity contribution in [3.63, 3.8) is 0 Å². The van der Waals surface area contributed by atoms with Crippen molar-refractivity contribution in [3.05, 3.63) is 64.7 Å². The van der Waals surface area contributed by atoms with Crippen LogP contribution in [0.2, 0.25) is 0 Å². The Labute approximate surface area is 157 Å². The van der Waals surface area contributed by atoms with Gasteiger partial charge in [0, 0.05) is 12.1 Å². The predicted molar refractivity (Wildman–Crippen MR) is 99.2 cm³/mol. The van der Waals surface area contributed by atoms with Gasteiger partial charge in [0.05, 0.1) is 18.0 Å². The molecule has 1 amide bonds. The number of nitrogens with one attached hydrogen (secondary N) is 1. The average Bonchev–Trinajstić information content (AvgIpc) is 2.62. The SMILES string of the molecule is C[C@@H](NC(=O)c1ccc2c(c1)CCCN2S(C)(=O)=O)c1ccc(F)c(F)c1. The molecule has 2 aromatic rings. The number of carbonyl (C=O) groups is 1. The number of sulfonamides is 1. The summed E-state index contributed by atoms with van der Waals surface area (Å²) in [7, 11) is -3.37. The summed E-state index contributed by atoms with van der Waals surface area (Å²) in [5.41, 5.74) is 2.22. The first-order valence-electron chi connectivity index (χ1n) is 8.53. The van der Waals surface area contributed by atoms with Crippen molar-refractivity contribution in [2.24, 2.45) is 0 Å². The van der Waals surface area contributed by atoms with E-state index in [2.05, 4.69) is 5.32 Å². The van der Waals surface area contributed by atoms with Gasteiger partial charge in [-0.3, -0.25) is 9.10 Å². The summed E-state index contributed by atoms with van der Waals surface area (Å²) in [4.78, 5) is 12.5. The first kappa shape index (κ1) is 19.3. The Morgan fingerprint density at radius 2 is 1.89 bits per heavy atom. The molecule has 0 bridgehead atoms. The summed E-state index contributed by atoms with van der Waals surface area (Å²) in [5.74, 6) is -2.28. The van der Waals surface area contributed by atoms with E-state index in [0.717, 1.165) is 24.0 Å². The maximum absolute atomic E-state index is 13.4. The Balaban J connectivity index is 1.80. The number of nitrogens with zero attached hydrogens (tertiary/aromatic N) is 1. The van der Waals surface area contributed by atoms with Crippen LogP contribution in [-0.2, 0) is 16.4 Å². The zero-order valence-corrected chi connectivity index (χ0v) is 15.8. The Bertz CT molecular complexity index is 992. The van der Waals surface area contributed by atoms with Gasteiger partial charge in [0.15, 0.2) is 11.6 Å². The second-order valence-electron chi connectivity index (χ2n) is 6.65. The van der Waals surface area contributed by atoms with Crippen LogP contribution in [0.25, 0.3) is 0 Å². The molecule has 1 aliphatic rings. The van der Waals surface area contributed by atoms with Crippen molar-refractivity contribution < 1.29 is 22.0 Å². The monoisotopic (exact) mass is 394 g/mol. The molecule has 27 heavy (non-hydrogen) atoms. The minimum absolute atomic E-state index is 0.369. The number of rotatable bonds is 4. The summed E-state index contributed by atoms with van der Waals surface area (Å²) in [6, 6.07) is 7.85. The molecule has 0 aromatic heterocycles. The molecule has 3 rings (SSSR count). The minimum Gasteiger partial charge on any atom is -0.346 e. The lowest BCUT2D eigenvalue weighted by Crippen LogP contribution is -2.35. The van der Waals surface area contributed by atoms with E-state index in [1.807, 2.05) is 0 Å². The van der Waals surface area contributed by atoms with E-state index >= 15 is 0 Å². The number of fused-ring (bicyclic) bond motifs is 1. The molecule has 2 aromatic carbocycles. The van der Waals surface area contributed by atoms with Crippen LogP contribution < -0.4 is 9.62 Å². The standard InChI is InChI=1S/C19H20F2N2O3S/c1-12(13-5-7-16(20)17(21)11-13)22-19(24)15-6-8-18-14(10-15)4-3-9-23(18)27(2,25)26/h5-8,10-12H,3-4,9H2,1-2H3,(H,22,24)/t12-/m1/s1. The van der Waals surface area contributed by atoms with Crippen molar-refractivity contribution in [1.29, 1.82) is 0 Å². The first-order chi connectivity index (χ1) is 12.7. The van der Waals surface area contributed by atoms with Gasteiger partial charge in [0.2, 0.25) is 10.0 Å². The molecule has 144 valence electrons. The molecule has 1 N–H and O–H groups in total. The zero-order valence-electron chi connectivity index (χ0n) is 15.0. The lowest BCUT2D eigenvalue weighted by Gasteiger charge is -2.29. The van der Waals surface area contributed by atoms with E-state index < -0.39 is 27.7 Å². The fourth-order valence-corrected chi connectivity index (χ4v) is 4.19. The largest absolute Gasteiger partial charge is 0.346 e. The molecular formula is C19H20F2N2O3S. The van der Waals surface area contributed by atoms with Crippen molar-refractivity contribution in [2.75, 3.05) is 17.1 Å². The highest BCUT2D eigenvalue weighted by atomic mass is 32.2. The van der Waals surface area contributed by atoms with Crippen LogP contribution in [0.5, 0.6) is 0 Å². The van der Waals surface area contributed by atoms with E-state index in [-0.39, 0.29) is 5.91 Å². The van der Waals surface area contributed by atoms with Crippen LogP contribution in [0.15, 0.2) is 36.4 Å². The summed E-state index contributed by atoms with van der Waals surface area (Å²) in [6.45, 7) is 2.10. The fourth-order valence-electron chi connectivity index (χ4n) is 3.19.